The summed E-state index contributed by atoms with van der Waals surface area (Å²) in [6.45, 7) is 0.835. The number of carbonyl (C=O) groups is 2. The van der Waals surface area contributed by atoms with Gasteiger partial charge in [0, 0.05) is 46.3 Å². The summed E-state index contributed by atoms with van der Waals surface area (Å²) in [5.74, 6) is -0.206. The molecule has 33 heavy (non-hydrogen) atoms. The molecule has 2 aliphatic rings. The zero-order valence-corrected chi connectivity index (χ0v) is 18.1. The molecule has 0 saturated carbocycles. The number of fused-ring (bicyclic) bond motifs is 4. The number of benzene rings is 2. The third kappa shape index (κ3) is 2.85. The molecule has 4 heterocycles. The van der Waals surface area contributed by atoms with Crippen molar-refractivity contribution in [3.8, 4) is 5.75 Å². The summed E-state index contributed by atoms with van der Waals surface area (Å²) in [6, 6.07) is 13.3. The van der Waals surface area contributed by atoms with Crippen LogP contribution in [0.1, 0.15) is 23.2 Å². The second kappa shape index (κ2) is 7.35. The number of carbonyl (C=O) groups excluding carboxylic acids is 2. The molecule has 7 nitrogen and oxygen atoms in total. The van der Waals surface area contributed by atoms with Gasteiger partial charge < -0.3 is 18.8 Å². The number of aliphatic hydroxyl groups is 1. The van der Waals surface area contributed by atoms with Crippen LogP contribution in [0.15, 0.2) is 53.1 Å². The molecule has 7 heteroatoms. The van der Waals surface area contributed by atoms with Crippen molar-refractivity contribution < 1.29 is 23.8 Å². The van der Waals surface area contributed by atoms with Crippen molar-refractivity contribution in [2.24, 2.45) is 5.92 Å². The molecule has 166 valence electrons. The van der Waals surface area contributed by atoms with E-state index in [-0.39, 0.29) is 18.1 Å². The van der Waals surface area contributed by atoms with Crippen LogP contribution < -0.4 is 10.1 Å². The zero-order valence-electron chi connectivity index (χ0n) is 18.1. The highest BCUT2D eigenvalue weighted by Gasteiger charge is 2.38. The topological polar surface area (TPSA) is 93.7 Å². The van der Waals surface area contributed by atoms with E-state index in [0.717, 1.165) is 40.5 Å². The fourth-order valence-corrected chi connectivity index (χ4v) is 5.25. The summed E-state index contributed by atoms with van der Waals surface area (Å²) in [7, 11) is 1.56. The van der Waals surface area contributed by atoms with Gasteiger partial charge >= 0.3 is 0 Å². The van der Waals surface area contributed by atoms with Gasteiger partial charge in [0.2, 0.25) is 0 Å². The minimum Gasteiger partial charge on any atom is -0.497 e. The normalized spacial score (nSPS) is 18.3. The van der Waals surface area contributed by atoms with Crippen molar-refractivity contribution in [1.29, 1.82) is 0 Å². The van der Waals surface area contributed by atoms with Crippen LogP contribution in [-0.2, 0) is 22.6 Å². The van der Waals surface area contributed by atoms with Crippen LogP contribution in [0.3, 0.4) is 0 Å². The molecule has 1 atom stereocenters. The predicted octanol–water partition coefficient (Wildman–Crippen LogP) is 3.52. The molecule has 2 aromatic carbocycles. The van der Waals surface area contributed by atoms with Crippen LogP contribution in [0.5, 0.6) is 5.75 Å². The Balaban J connectivity index is 1.71. The van der Waals surface area contributed by atoms with Gasteiger partial charge in [0.25, 0.3) is 11.8 Å². The molecule has 0 aliphatic carbocycles. The number of para-hydroxylation sites is 1. The van der Waals surface area contributed by atoms with E-state index >= 15 is 0 Å². The summed E-state index contributed by atoms with van der Waals surface area (Å²) < 4.78 is 13.4. The van der Waals surface area contributed by atoms with Crippen molar-refractivity contribution in [2.75, 3.05) is 13.7 Å². The van der Waals surface area contributed by atoms with E-state index in [1.54, 1.807) is 25.5 Å². The van der Waals surface area contributed by atoms with Crippen LogP contribution in [0.25, 0.3) is 33.0 Å². The average Bonchev–Trinajstić information content (AvgIpc) is 3.51. The smallest absolute Gasteiger partial charge is 0.259 e. The molecule has 2 N–H and O–H groups in total. The Kier molecular flexibility index (Phi) is 4.41. The van der Waals surface area contributed by atoms with Gasteiger partial charge in [-0.2, -0.15) is 0 Å². The number of aryl methyl sites for hydroxylation is 1. The number of imide groups is 1. The molecular formula is C26H22N2O5. The highest BCUT2D eigenvalue weighted by atomic mass is 16.5. The average molecular weight is 442 g/mol. The van der Waals surface area contributed by atoms with Crippen LogP contribution >= 0.6 is 0 Å². The molecular weight excluding hydrogens is 420 g/mol. The quantitative estimate of drug-likeness (QED) is 0.472. The lowest BCUT2D eigenvalue weighted by molar-refractivity contribution is -0.122. The molecule has 4 aromatic rings. The van der Waals surface area contributed by atoms with E-state index in [0.29, 0.717) is 28.9 Å². The van der Waals surface area contributed by atoms with E-state index in [1.807, 2.05) is 30.3 Å². The fraction of sp³-hybridized carbons (Fsp3) is 0.231. The number of nitrogens with one attached hydrogen (secondary N) is 1. The zero-order chi connectivity index (χ0) is 22.7. The molecule has 0 bridgehead atoms. The Labute approximate surface area is 189 Å². The molecule has 0 spiro atoms. The Hall–Kier alpha value is -3.84. The molecule has 0 fully saturated rings. The van der Waals surface area contributed by atoms with Crippen molar-refractivity contribution >= 4 is 44.8 Å². The number of methoxy groups -OCH3 is 1. The Morgan fingerprint density at radius 1 is 1.15 bits per heavy atom. The van der Waals surface area contributed by atoms with Crippen molar-refractivity contribution in [2.45, 2.75) is 19.4 Å². The lowest BCUT2D eigenvalue weighted by Gasteiger charge is -2.24. The van der Waals surface area contributed by atoms with Crippen LogP contribution in [0.4, 0.5) is 0 Å². The molecule has 0 radical (unpaired) electrons. The number of rotatable bonds is 4. The second-order valence-electron chi connectivity index (χ2n) is 8.58. The monoisotopic (exact) mass is 442 g/mol. The van der Waals surface area contributed by atoms with Gasteiger partial charge in [-0.05, 0) is 43.0 Å². The number of aliphatic hydroxyl groups excluding tert-OH is 1. The van der Waals surface area contributed by atoms with Crippen LogP contribution in [0.2, 0.25) is 0 Å². The minimum absolute atomic E-state index is 0.0842. The first-order chi connectivity index (χ1) is 16.1. The lowest BCUT2D eigenvalue weighted by Crippen LogP contribution is -2.24. The maximum atomic E-state index is 13.3. The first kappa shape index (κ1) is 19.8. The van der Waals surface area contributed by atoms with Crippen LogP contribution in [-0.4, -0.2) is 35.2 Å². The van der Waals surface area contributed by atoms with Gasteiger partial charge in [-0.25, -0.2) is 0 Å². The van der Waals surface area contributed by atoms with E-state index in [4.69, 9.17) is 9.15 Å². The number of amides is 2. The Morgan fingerprint density at radius 3 is 2.79 bits per heavy atom. The Morgan fingerprint density at radius 2 is 1.97 bits per heavy atom. The first-order valence-electron chi connectivity index (χ1n) is 11.0. The van der Waals surface area contributed by atoms with E-state index in [1.165, 1.54) is 0 Å². The third-order valence-corrected chi connectivity index (χ3v) is 6.79. The molecule has 0 saturated heterocycles. The molecule has 6 rings (SSSR count). The third-order valence-electron chi connectivity index (χ3n) is 6.79. The first-order valence-corrected chi connectivity index (χ1v) is 11.0. The second-order valence-corrected chi connectivity index (χ2v) is 8.58. The van der Waals surface area contributed by atoms with E-state index in [2.05, 4.69) is 9.88 Å². The lowest BCUT2D eigenvalue weighted by atomic mass is 9.89. The SMILES string of the molecule is COc1cc(C2=C(c3c4n(c5ccccc35)CCC(CO)C4)C(=O)NC2=O)c2occc2c1. The predicted molar refractivity (Wildman–Crippen MR) is 124 cm³/mol. The maximum absolute atomic E-state index is 13.3. The fourth-order valence-electron chi connectivity index (χ4n) is 5.25. The number of ether oxygens (including phenoxy) is 1. The Bertz CT molecular complexity index is 1490. The highest BCUT2D eigenvalue weighted by molar-refractivity contribution is 6.51. The number of hydrogen-bond acceptors (Lipinski definition) is 5. The largest absolute Gasteiger partial charge is 0.497 e. The van der Waals surface area contributed by atoms with E-state index in [9.17, 15) is 14.7 Å². The highest BCUT2D eigenvalue weighted by Crippen LogP contribution is 2.43. The van der Waals surface area contributed by atoms with E-state index < -0.39 is 11.8 Å². The summed E-state index contributed by atoms with van der Waals surface area (Å²) in [5, 5.41) is 14.0. The molecule has 2 aliphatic heterocycles. The standard InChI is InChI=1S/C26H22N2O5/c1-32-16-11-15-7-9-33-24(15)18(12-16)22-23(26(31)27-25(22)30)21-17-4-2-3-5-19(17)28-8-6-14(13-29)10-20(21)28/h2-5,7,9,11-12,14,29H,6,8,10,13H2,1H3,(H,27,30,31). The van der Waals surface area contributed by atoms with Gasteiger partial charge in [-0.15, -0.1) is 0 Å². The molecule has 1 unspecified atom stereocenters. The van der Waals surface area contributed by atoms with Gasteiger partial charge in [-0.1, -0.05) is 18.2 Å². The van der Waals surface area contributed by atoms with Gasteiger partial charge in [0.1, 0.15) is 11.3 Å². The minimum atomic E-state index is -0.459. The molecule has 2 amide bonds. The summed E-state index contributed by atoms with van der Waals surface area (Å²) in [6.07, 6.45) is 3.05. The summed E-state index contributed by atoms with van der Waals surface area (Å²) in [4.78, 5) is 26.4. The van der Waals surface area contributed by atoms with Crippen molar-refractivity contribution in [1.82, 2.24) is 9.88 Å². The number of aromatic nitrogens is 1. The number of hydrogen-bond donors (Lipinski definition) is 2. The van der Waals surface area contributed by atoms with Gasteiger partial charge in [-0.3, -0.25) is 14.9 Å². The number of nitrogens with zero attached hydrogens (tertiary/aromatic N) is 1. The summed E-state index contributed by atoms with van der Waals surface area (Å²) in [5.41, 5.74) is 4.41. The van der Waals surface area contributed by atoms with Crippen molar-refractivity contribution in [3.05, 3.63) is 65.5 Å². The summed E-state index contributed by atoms with van der Waals surface area (Å²) >= 11 is 0. The van der Waals surface area contributed by atoms with Crippen LogP contribution in [0, 0.1) is 5.92 Å². The van der Waals surface area contributed by atoms with Gasteiger partial charge in [0.05, 0.1) is 24.5 Å². The van der Waals surface area contributed by atoms with Gasteiger partial charge in [0.15, 0.2) is 0 Å². The molecule has 2 aromatic heterocycles. The van der Waals surface area contributed by atoms with Crippen molar-refractivity contribution in [3.63, 3.8) is 0 Å². The number of furan rings is 1. The maximum Gasteiger partial charge on any atom is 0.259 e.